The van der Waals surface area contributed by atoms with E-state index in [0.717, 1.165) is 30.5 Å². The fourth-order valence-electron chi connectivity index (χ4n) is 3.28. The normalized spacial score (nSPS) is 13.0. The van der Waals surface area contributed by atoms with Gasteiger partial charge in [-0.3, -0.25) is 14.8 Å². The molecule has 188 valence electrons. The van der Waals surface area contributed by atoms with Gasteiger partial charge >= 0.3 is 6.18 Å². The molecule has 4 rings (SSSR count). The van der Waals surface area contributed by atoms with E-state index in [1.54, 1.807) is 6.07 Å². The molecular formula is C23H18F4N4O4S. The van der Waals surface area contributed by atoms with E-state index in [2.05, 4.69) is 20.0 Å². The molecule has 0 unspecified atom stereocenters. The summed E-state index contributed by atoms with van der Waals surface area (Å²) in [6.07, 6.45) is -0.593. The van der Waals surface area contributed by atoms with Crippen molar-refractivity contribution in [1.29, 1.82) is 0 Å². The molecule has 1 aromatic carbocycles. The first-order valence-corrected chi connectivity index (χ1v) is 11.9. The average molecular weight is 522 g/mol. The monoisotopic (exact) mass is 522 g/mol. The number of aromatic nitrogens is 2. The maximum atomic E-state index is 13.4. The molecule has 3 aromatic heterocycles. The molecule has 0 aliphatic carbocycles. The number of carbonyl (C=O) groups excluding carboxylic acids is 1. The Labute approximate surface area is 202 Å². The lowest BCUT2D eigenvalue weighted by molar-refractivity contribution is -0.141. The lowest BCUT2D eigenvalue weighted by Crippen LogP contribution is -2.44. The molecule has 0 saturated heterocycles. The molecule has 3 heterocycles. The number of nitrogens with zero attached hydrogens (tertiary/aromatic N) is 2. The Balaban J connectivity index is 1.39. The van der Waals surface area contributed by atoms with Crippen LogP contribution in [0.4, 0.5) is 17.6 Å². The summed E-state index contributed by atoms with van der Waals surface area (Å²) < 4.78 is 84.1. The van der Waals surface area contributed by atoms with E-state index in [0.29, 0.717) is 16.7 Å². The second-order valence-corrected chi connectivity index (χ2v) is 9.47. The van der Waals surface area contributed by atoms with Crippen molar-refractivity contribution in [1.82, 2.24) is 20.0 Å². The number of hydrogen-bond donors (Lipinski definition) is 2. The van der Waals surface area contributed by atoms with E-state index < -0.39 is 44.8 Å². The highest BCUT2D eigenvalue weighted by atomic mass is 32.2. The molecule has 0 aliphatic heterocycles. The minimum absolute atomic E-state index is 0.0241. The summed E-state index contributed by atoms with van der Waals surface area (Å²) in [6.45, 7) is 1.31. The zero-order valence-electron chi connectivity index (χ0n) is 18.5. The first-order chi connectivity index (χ1) is 16.9. The Morgan fingerprint density at radius 3 is 2.53 bits per heavy atom. The molecule has 8 nitrogen and oxygen atoms in total. The highest BCUT2D eigenvalue weighted by molar-refractivity contribution is 7.89. The number of halogens is 4. The van der Waals surface area contributed by atoms with Crippen LogP contribution >= 0.6 is 0 Å². The van der Waals surface area contributed by atoms with Crippen molar-refractivity contribution in [3.05, 3.63) is 78.1 Å². The Kier molecular flexibility index (Phi) is 6.78. The predicted octanol–water partition coefficient (Wildman–Crippen LogP) is 4.03. The minimum Gasteiger partial charge on any atom is -0.443 e. The van der Waals surface area contributed by atoms with E-state index in [9.17, 15) is 30.8 Å². The van der Waals surface area contributed by atoms with Crippen molar-refractivity contribution in [2.75, 3.05) is 0 Å². The second kappa shape index (κ2) is 9.66. The molecule has 0 radical (unpaired) electrons. The lowest BCUT2D eigenvalue weighted by Gasteiger charge is -2.13. The largest absolute Gasteiger partial charge is 0.443 e. The third-order valence-electron chi connectivity index (χ3n) is 5.09. The molecule has 4 aromatic rings. The number of pyridine rings is 2. The van der Waals surface area contributed by atoms with E-state index >= 15 is 0 Å². The molecule has 36 heavy (non-hydrogen) atoms. The number of benzene rings is 1. The maximum absolute atomic E-state index is 13.4. The number of rotatable bonds is 7. The minimum atomic E-state index is -4.55. The molecular weight excluding hydrogens is 504 g/mol. The number of nitrogens with one attached hydrogen (secondary N) is 2. The van der Waals surface area contributed by atoms with E-state index in [1.165, 1.54) is 31.5 Å². The molecule has 1 amide bonds. The van der Waals surface area contributed by atoms with Gasteiger partial charge in [0, 0.05) is 47.7 Å². The molecule has 13 heteroatoms. The number of fused-ring (bicyclic) bond motifs is 1. The van der Waals surface area contributed by atoms with Gasteiger partial charge in [0.1, 0.15) is 17.1 Å². The van der Waals surface area contributed by atoms with Crippen LogP contribution in [-0.2, 0) is 27.5 Å². The van der Waals surface area contributed by atoms with E-state index in [-0.39, 0.29) is 17.5 Å². The quantitative estimate of drug-likeness (QED) is 0.354. The van der Waals surface area contributed by atoms with Gasteiger partial charge in [0.25, 0.3) is 10.0 Å². The van der Waals surface area contributed by atoms with E-state index in [1.807, 2.05) is 0 Å². The molecule has 1 atom stereocenters. The van der Waals surface area contributed by atoms with Crippen LogP contribution in [-0.4, -0.2) is 30.3 Å². The smallest absolute Gasteiger partial charge is 0.433 e. The van der Waals surface area contributed by atoms with Gasteiger partial charge in [0.15, 0.2) is 0 Å². The number of sulfonamides is 1. The summed E-state index contributed by atoms with van der Waals surface area (Å²) in [7, 11) is -4.22. The third kappa shape index (κ3) is 5.69. The standard InChI is InChI=1S/C23H18F4N4O4S/c1-13(31-36(33,34)21-8-16-7-18(24)3-4-19(16)35-21)22(32)30-10-14-6-17(11-28-9-14)15-2-5-20(29-12-15)23(25,26)27/h2-9,11-13,31H,10H2,1H3,(H,30,32)/t13-/m0/s1. The maximum Gasteiger partial charge on any atom is 0.433 e. The second-order valence-electron chi connectivity index (χ2n) is 7.82. The Hall–Kier alpha value is -3.84. The Bertz CT molecular complexity index is 1520. The summed E-state index contributed by atoms with van der Waals surface area (Å²) in [5.41, 5.74) is 0.557. The van der Waals surface area contributed by atoms with Gasteiger partial charge in [-0.05, 0) is 42.8 Å². The van der Waals surface area contributed by atoms with Gasteiger partial charge in [0.05, 0.1) is 6.04 Å². The van der Waals surface area contributed by atoms with Crippen molar-refractivity contribution in [3.63, 3.8) is 0 Å². The molecule has 0 bridgehead atoms. The number of alkyl halides is 3. The van der Waals surface area contributed by atoms with Crippen LogP contribution in [0.25, 0.3) is 22.1 Å². The number of carbonyl (C=O) groups is 1. The van der Waals surface area contributed by atoms with Crippen molar-refractivity contribution >= 4 is 26.9 Å². The van der Waals surface area contributed by atoms with Crippen molar-refractivity contribution in [3.8, 4) is 11.1 Å². The number of hydrogen-bond acceptors (Lipinski definition) is 6. The van der Waals surface area contributed by atoms with Gasteiger partial charge in [0.2, 0.25) is 11.0 Å². The van der Waals surface area contributed by atoms with Gasteiger partial charge in [-0.1, -0.05) is 6.07 Å². The van der Waals surface area contributed by atoms with Crippen molar-refractivity contribution in [2.45, 2.75) is 30.8 Å². The average Bonchev–Trinajstić information content (AvgIpc) is 3.26. The third-order valence-corrected chi connectivity index (χ3v) is 6.49. The predicted molar refractivity (Wildman–Crippen MR) is 120 cm³/mol. The van der Waals surface area contributed by atoms with Crippen LogP contribution in [0.15, 0.2) is 70.6 Å². The molecule has 0 fully saturated rings. The Morgan fingerprint density at radius 2 is 1.83 bits per heavy atom. The molecule has 2 N–H and O–H groups in total. The highest BCUT2D eigenvalue weighted by Gasteiger charge is 2.32. The van der Waals surface area contributed by atoms with Crippen LogP contribution < -0.4 is 10.0 Å². The van der Waals surface area contributed by atoms with Gasteiger partial charge < -0.3 is 9.73 Å². The lowest BCUT2D eigenvalue weighted by atomic mass is 10.1. The van der Waals surface area contributed by atoms with Gasteiger partial charge in [-0.2, -0.15) is 17.9 Å². The van der Waals surface area contributed by atoms with Crippen LogP contribution in [0.3, 0.4) is 0 Å². The van der Waals surface area contributed by atoms with E-state index in [4.69, 9.17) is 4.42 Å². The summed E-state index contributed by atoms with van der Waals surface area (Å²) in [6, 6.07) is 7.24. The van der Waals surface area contributed by atoms with Crippen LogP contribution in [0.2, 0.25) is 0 Å². The van der Waals surface area contributed by atoms with Crippen LogP contribution in [0.1, 0.15) is 18.2 Å². The summed E-state index contributed by atoms with van der Waals surface area (Å²) >= 11 is 0. The fourth-order valence-corrected chi connectivity index (χ4v) is 4.45. The first-order valence-electron chi connectivity index (χ1n) is 10.4. The topological polar surface area (TPSA) is 114 Å². The molecule has 0 spiro atoms. The van der Waals surface area contributed by atoms with Crippen molar-refractivity contribution in [2.24, 2.45) is 0 Å². The summed E-state index contributed by atoms with van der Waals surface area (Å²) in [5.74, 6) is -1.21. The highest BCUT2D eigenvalue weighted by Crippen LogP contribution is 2.29. The summed E-state index contributed by atoms with van der Waals surface area (Å²) in [5, 5.41) is 2.35. The number of furan rings is 1. The van der Waals surface area contributed by atoms with Crippen molar-refractivity contribution < 1.29 is 35.2 Å². The van der Waals surface area contributed by atoms with Gasteiger partial charge in [-0.25, -0.2) is 12.8 Å². The van der Waals surface area contributed by atoms with Gasteiger partial charge in [-0.15, -0.1) is 0 Å². The first kappa shape index (κ1) is 25.3. The summed E-state index contributed by atoms with van der Waals surface area (Å²) in [4.78, 5) is 19.9. The SMILES string of the molecule is C[C@H](NS(=O)(=O)c1cc2cc(F)ccc2o1)C(=O)NCc1cncc(-c2ccc(C(F)(F)F)nc2)c1. The zero-order valence-corrected chi connectivity index (χ0v) is 19.3. The van der Waals surface area contributed by atoms with Crippen LogP contribution in [0.5, 0.6) is 0 Å². The molecule has 0 saturated carbocycles. The number of amides is 1. The Morgan fingerprint density at radius 1 is 1.06 bits per heavy atom. The fraction of sp³-hybridized carbons (Fsp3) is 0.174. The van der Waals surface area contributed by atoms with Crippen LogP contribution in [0, 0.1) is 5.82 Å². The zero-order chi connectivity index (χ0) is 26.1. The molecule has 0 aliphatic rings.